The summed E-state index contributed by atoms with van der Waals surface area (Å²) in [5.41, 5.74) is 1.13. The lowest BCUT2D eigenvalue weighted by Gasteiger charge is -2.17. The molecule has 0 saturated heterocycles. The molecule has 1 aromatic carbocycles. The summed E-state index contributed by atoms with van der Waals surface area (Å²) < 4.78 is 26.3. The van der Waals surface area contributed by atoms with Gasteiger partial charge in [-0.05, 0) is 12.1 Å². The number of aromatic nitrogens is 2. The van der Waals surface area contributed by atoms with Crippen LogP contribution in [0.15, 0.2) is 18.2 Å². The zero-order chi connectivity index (χ0) is 14.5. The van der Waals surface area contributed by atoms with Gasteiger partial charge in [0.05, 0.1) is 24.8 Å². The molecule has 20 heavy (non-hydrogen) atoms. The molecular formula is C14H18ClFN2O2. The maximum absolute atomic E-state index is 13.8. The summed E-state index contributed by atoms with van der Waals surface area (Å²) in [6.07, 6.45) is 0.466. The summed E-state index contributed by atoms with van der Waals surface area (Å²) in [6.45, 7) is 1.02. The second-order valence-corrected chi connectivity index (χ2v) is 4.88. The molecule has 0 amide bonds. The molecule has 1 heterocycles. The van der Waals surface area contributed by atoms with Gasteiger partial charge < -0.3 is 14.0 Å². The Balaban J connectivity index is 2.42. The van der Waals surface area contributed by atoms with Crippen molar-refractivity contribution in [3.8, 4) is 0 Å². The number of ether oxygens (including phenoxy) is 2. The maximum atomic E-state index is 13.8. The van der Waals surface area contributed by atoms with Gasteiger partial charge in [0.2, 0.25) is 0 Å². The van der Waals surface area contributed by atoms with Gasteiger partial charge in [-0.15, -0.1) is 11.6 Å². The number of methoxy groups -OCH3 is 2. The number of nitrogens with zero attached hydrogens (tertiary/aromatic N) is 2. The summed E-state index contributed by atoms with van der Waals surface area (Å²) in [5, 5.41) is 0. The van der Waals surface area contributed by atoms with Crippen LogP contribution in [0.2, 0.25) is 0 Å². The molecule has 0 aliphatic carbocycles. The summed E-state index contributed by atoms with van der Waals surface area (Å²) in [7, 11) is 3.25. The van der Waals surface area contributed by atoms with Crippen LogP contribution in [0.3, 0.4) is 0 Å². The van der Waals surface area contributed by atoms with Crippen molar-refractivity contribution in [2.24, 2.45) is 0 Å². The third-order valence-corrected chi connectivity index (χ3v) is 3.39. The standard InChI is InChI=1S/C14H18ClFN2O2/c1-19-9-10(20-2)8-18-12-5-3-4-11(16)14(12)17-13(18)6-7-15/h3-5,10H,6-9H2,1-2H3. The van der Waals surface area contributed by atoms with Gasteiger partial charge in [-0.3, -0.25) is 0 Å². The first-order valence-electron chi connectivity index (χ1n) is 6.42. The number of halogens is 2. The maximum Gasteiger partial charge on any atom is 0.151 e. The number of fused-ring (bicyclic) bond motifs is 1. The SMILES string of the molecule is COCC(Cn1c(CCCl)nc2c(F)cccc21)OC. The van der Waals surface area contributed by atoms with E-state index in [1.165, 1.54) is 6.07 Å². The minimum absolute atomic E-state index is 0.116. The van der Waals surface area contributed by atoms with Crippen LogP contribution in [0, 0.1) is 5.82 Å². The van der Waals surface area contributed by atoms with Gasteiger partial charge in [0, 0.05) is 26.5 Å². The second kappa shape index (κ2) is 7.02. The molecule has 0 aliphatic rings. The molecule has 2 aromatic rings. The lowest BCUT2D eigenvalue weighted by atomic mass is 10.3. The van der Waals surface area contributed by atoms with Crippen molar-refractivity contribution >= 4 is 22.6 Å². The van der Waals surface area contributed by atoms with Gasteiger partial charge in [0.25, 0.3) is 0 Å². The van der Waals surface area contributed by atoms with Crippen molar-refractivity contribution in [1.29, 1.82) is 0 Å². The number of rotatable bonds is 7. The Labute approximate surface area is 122 Å². The van der Waals surface area contributed by atoms with Crippen LogP contribution in [0.1, 0.15) is 5.82 Å². The molecule has 0 N–H and O–H groups in total. The molecule has 110 valence electrons. The van der Waals surface area contributed by atoms with E-state index in [2.05, 4.69) is 4.98 Å². The minimum Gasteiger partial charge on any atom is -0.382 e. The van der Waals surface area contributed by atoms with Gasteiger partial charge in [0.15, 0.2) is 5.82 Å². The third-order valence-electron chi connectivity index (χ3n) is 3.20. The average Bonchev–Trinajstić information content (AvgIpc) is 2.78. The summed E-state index contributed by atoms with van der Waals surface area (Å²) in [6, 6.07) is 4.94. The minimum atomic E-state index is -0.321. The van der Waals surface area contributed by atoms with Crippen LogP contribution in [0.5, 0.6) is 0 Å². The molecule has 0 spiro atoms. The van der Waals surface area contributed by atoms with Crippen molar-refractivity contribution < 1.29 is 13.9 Å². The van der Waals surface area contributed by atoms with Crippen molar-refractivity contribution in [2.75, 3.05) is 26.7 Å². The molecular weight excluding hydrogens is 283 g/mol. The van der Waals surface area contributed by atoms with E-state index in [0.717, 1.165) is 11.3 Å². The van der Waals surface area contributed by atoms with E-state index >= 15 is 0 Å². The topological polar surface area (TPSA) is 36.3 Å². The zero-order valence-electron chi connectivity index (χ0n) is 11.6. The molecule has 1 aromatic heterocycles. The predicted molar refractivity (Wildman–Crippen MR) is 76.8 cm³/mol. The van der Waals surface area contributed by atoms with Crippen LogP contribution in [-0.2, 0) is 22.4 Å². The molecule has 1 unspecified atom stereocenters. The third kappa shape index (κ3) is 3.11. The van der Waals surface area contributed by atoms with E-state index in [4.69, 9.17) is 21.1 Å². The quantitative estimate of drug-likeness (QED) is 0.738. The Morgan fingerprint density at radius 1 is 1.40 bits per heavy atom. The first-order valence-corrected chi connectivity index (χ1v) is 6.96. The van der Waals surface area contributed by atoms with Crippen molar-refractivity contribution in [3.05, 3.63) is 29.8 Å². The van der Waals surface area contributed by atoms with Gasteiger partial charge >= 0.3 is 0 Å². The van der Waals surface area contributed by atoms with Gasteiger partial charge in [0.1, 0.15) is 11.3 Å². The Kier molecular flexibility index (Phi) is 5.34. The Bertz CT molecular complexity index is 574. The average molecular weight is 301 g/mol. The lowest BCUT2D eigenvalue weighted by molar-refractivity contribution is 0.0186. The molecule has 1 atom stereocenters. The van der Waals surface area contributed by atoms with Crippen LogP contribution >= 0.6 is 11.6 Å². The number of alkyl halides is 1. The molecule has 0 saturated carbocycles. The summed E-state index contributed by atoms with van der Waals surface area (Å²) >= 11 is 5.80. The first-order chi connectivity index (χ1) is 9.71. The fraction of sp³-hybridized carbons (Fsp3) is 0.500. The molecule has 6 heteroatoms. The Morgan fingerprint density at radius 2 is 2.20 bits per heavy atom. The highest BCUT2D eigenvalue weighted by molar-refractivity contribution is 6.17. The van der Waals surface area contributed by atoms with E-state index in [9.17, 15) is 4.39 Å². The fourth-order valence-electron chi connectivity index (χ4n) is 2.22. The normalized spacial score (nSPS) is 13.0. The van der Waals surface area contributed by atoms with Crippen LogP contribution in [0.25, 0.3) is 11.0 Å². The lowest BCUT2D eigenvalue weighted by Crippen LogP contribution is -2.24. The van der Waals surface area contributed by atoms with E-state index in [1.807, 2.05) is 10.6 Å². The smallest absolute Gasteiger partial charge is 0.151 e. The van der Waals surface area contributed by atoms with Gasteiger partial charge in [-0.1, -0.05) is 6.07 Å². The number of benzene rings is 1. The number of para-hydroxylation sites is 1. The Morgan fingerprint density at radius 3 is 2.85 bits per heavy atom. The summed E-state index contributed by atoms with van der Waals surface area (Å²) in [4.78, 5) is 4.36. The number of imidazole rings is 1. The first kappa shape index (κ1) is 15.2. The monoisotopic (exact) mass is 300 g/mol. The van der Waals surface area contributed by atoms with E-state index in [1.54, 1.807) is 20.3 Å². The molecule has 0 radical (unpaired) electrons. The van der Waals surface area contributed by atoms with Gasteiger partial charge in [-0.25, -0.2) is 9.37 Å². The molecule has 0 fully saturated rings. The summed E-state index contributed by atoms with van der Waals surface area (Å²) in [5.74, 6) is 0.878. The largest absolute Gasteiger partial charge is 0.382 e. The van der Waals surface area contributed by atoms with Gasteiger partial charge in [-0.2, -0.15) is 0 Å². The highest BCUT2D eigenvalue weighted by atomic mass is 35.5. The fourth-order valence-corrected chi connectivity index (χ4v) is 2.39. The molecule has 0 bridgehead atoms. The van der Waals surface area contributed by atoms with E-state index < -0.39 is 0 Å². The number of hydrogen-bond acceptors (Lipinski definition) is 3. The van der Waals surface area contributed by atoms with Crippen LogP contribution in [0.4, 0.5) is 4.39 Å². The van der Waals surface area contributed by atoms with Crippen molar-refractivity contribution in [3.63, 3.8) is 0 Å². The number of aryl methyl sites for hydroxylation is 1. The predicted octanol–water partition coefficient (Wildman–Crippen LogP) is 2.62. The molecule has 2 rings (SSSR count). The van der Waals surface area contributed by atoms with Crippen LogP contribution < -0.4 is 0 Å². The van der Waals surface area contributed by atoms with Crippen LogP contribution in [-0.4, -0.2) is 42.4 Å². The Hall–Kier alpha value is -1.17. The highest BCUT2D eigenvalue weighted by Crippen LogP contribution is 2.20. The van der Waals surface area contributed by atoms with E-state index in [0.29, 0.717) is 31.0 Å². The second-order valence-electron chi connectivity index (χ2n) is 4.50. The number of hydrogen-bond donors (Lipinski definition) is 0. The van der Waals surface area contributed by atoms with E-state index in [-0.39, 0.29) is 11.9 Å². The molecule has 0 aliphatic heterocycles. The molecule has 4 nitrogen and oxygen atoms in total. The highest BCUT2D eigenvalue weighted by Gasteiger charge is 2.17. The van der Waals surface area contributed by atoms with Crippen molar-refractivity contribution in [1.82, 2.24) is 9.55 Å². The van der Waals surface area contributed by atoms with Crippen molar-refractivity contribution in [2.45, 2.75) is 19.1 Å². The zero-order valence-corrected chi connectivity index (χ0v) is 12.4.